The minimum absolute atomic E-state index is 0.0707. The van der Waals surface area contributed by atoms with Gasteiger partial charge in [0, 0.05) is 6.07 Å². The summed E-state index contributed by atoms with van der Waals surface area (Å²) in [6, 6.07) is 1.64. The number of ether oxygens (including phenoxy) is 1. The van der Waals surface area contributed by atoms with Crippen LogP contribution in [0.25, 0.3) is 5.69 Å². The van der Waals surface area contributed by atoms with Gasteiger partial charge in [0.2, 0.25) is 0 Å². The second-order valence-electron chi connectivity index (χ2n) is 3.51. The van der Waals surface area contributed by atoms with Gasteiger partial charge in [0.1, 0.15) is 12.2 Å². The summed E-state index contributed by atoms with van der Waals surface area (Å²) >= 11 is 0. The number of carbonyl (C=O) groups is 1. The molecule has 18 heavy (non-hydrogen) atoms. The van der Waals surface area contributed by atoms with E-state index in [9.17, 15) is 13.6 Å². The number of aryl methyl sites for hydroxylation is 1. The number of methoxy groups -OCH3 is 1. The molecule has 0 radical (unpaired) electrons. The van der Waals surface area contributed by atoms with E-state index in [4.69, 9.17) is 0 Å². The van der Waals surface area contributed by atoms with Crippen LogP contribution in [-0.4, -0.2) is 27.8 Å². The molecule has 0 saturated carbocycles. The smallest absolute Gasteiger partial charge is 0.340 e. The molecule has 0 N–H and O–H groups in total. The van der Waals surface area contributed by atoms with Crippen LogP contribution >= 0.6 is 0 Å². The van der Waals surface area contributed by atoms with Gasteiger partial charge in [0.15, 0.2) is 11.6 Å². The fourth-order valence-electron chi connectivity index (χ4n) is 1.46. The van der Waals surface area contributed by atoms with Crippen molar-refractivity contribution in [3.8, 4) is 5.69 Å². The van der Waals surface area contributed by atoms with Gasteiger partial charge in [0.25, 0.3) is 0 Å². The quantitative estimate of drug-likeness (QED) is 0.763. The number of benzene rings is 1. The minimum Gasteiger partial charge on any atom is -0.465 e. The summed E-state index contributed by atoms with van der Waals surface area (Å²) in [4.78, 5) is 15.4. The lowest BCUT2D eigenvalue weighted by atomic mass is 10.1. The molecule has 0 bridgehead atoms. The molecule has 0 saturated heterocycles. The Morgan fingerprint density at radius 1 is 1.33 bits per heavy atom. The van der Waals surface area contributed by atoms with Crippen LogP contribution in [0, 0.1) is 18.6 Å². The van der Waals surface area contributed by atoms with E-state index < -0.39 is 17.6 Å². The summed E-state index contributed by atoms with van der Waals surface area (Å²) in [5.74, 6) is -2.55. The van der Waals surface area contributed by atoms with E-state index in [0.717, 1.165) is 19.2 Å². The van der Waals surface area contributed by atoms with Crippen LogP contribution in [0.1, 0.15) is 16.2 Å². The molecule has 0 aliphatic rings. The average Bonchev–Trinajstić information content (AvgIpc) is 2.77. The van der Waals surface area contributed by atoms with Gasteiger partial charge in [-0.3, -0.25) is 0 Å². The fourth-order valence-corrected chi connectivity index (χ4v) is 1.46. The molecule has 5 nitrogen and oxygen atoms in total. The molecule has 2 aromatic rings. The first kappa shape index (κ1) is 12.2. The molecule has 2 rings (SSSR count). The van der Waals surface area contributed by atoms with E-state index in [1.54, 1.807) is 6.92 Å². The third-order valence-corrected chi connectivity index (χ3v) is 2.30. The number of hydrogen-bond donors (Lipinski definition) is 0. The first-order chi connectivity index (χ1) is 8.52. The van der Waals surface area contributed by atoms with Crippen molar-refractivity contribution < 1.29 is 18.3 Å². The Bertz CT molecular complexity index is 610. The molecule has 0 aliphatic carbocycles. The van der Waals surface area contributed by atoms with Crippen molar-refractivity contribution in [3.63, 3.8) is 0 Å². The molecular formula is C11H9F2N3O2. The maximum atomic E-state index is 13.2. The molecule has 94 valence electrons. The van der Waals surface area contributed by atoms with Gasteiger partial charge in [-0.2, -0.15) is 5.10 Å². The number of halogens is 2. The highest BCUT2D eigenvalue weighted by molar-refractivity contribution is 5.93. The largest absolute Gasteiger partial charge is 0.465 e. The van der Waals surface area contributed by atoms with Gasteiger partial charge < -0.3 is 4.74 Å². The maximum Gasteiger partial charge on any atom is 0.340 e. The number of carbonyl (C=O) groups excluding carboxylic acids is 1. The predicted octanol–water partition coefficient (Wildman–Crippen LogP) is 1.64. The Kier molecular flexibility index (Phi) is 3.05. The Morgan fingerprint density at radius 3 is 2.56 bits per heavy atom. The van der Waals surface area contributed by atoms with Crippen LogP contribution in [0.15, 0.2) is 18.5 Å². The molecule has 0 atom stereocenters. The molecule has 1 aromatic carbocycles. The molecule has 0 unspecified atom stereocenters. The molecule has 1 heterocycles. The van der Waals surface area contributed by atoms with Crippen molar-refractivity contribution in [2.45, 2.75) is 6.92 Å². The summed E-state index contributed by atoms with van der Waals surface area (Å²) in [6.07, 6.45) is 1.30. The SMILES string of the molecule is COC(=O)c1cc(F)c(F)cc1-n1cnc(C)n1. The van der Waals surface area contributed by atoms with Crippen molar-refractivity contribution in [2.24, 2.45) is 0 Å². The van der Waals surface area contributed by atoms with E-state index in [2.05, 4.69) is 14.8 Å². The zero-order valence-electron chi connectivity index (χ0n) is 9.65. The Balaban J connectivity index is 2.64. The third kappa shape index (κ3) is 2.06. The van der Waals surface area contributed by atoms with Crippen LogP contribution in [0.2, 0.25) is 0 Å². The number of aromatic nitrogens is 3. The van der Waals surface area contributed by atoms with E-state index >= 15 is 0 Å². The zero-order chi connectivity index (χ0) is 13.3. The molecule has 0 fully saturated rings. The Hall–Kier alpha value is -2.31. The summed E-state index contributed by atoms with van der Waals surface area (Å²) < 4.78 is 32.1. The second kappa shape index (κ2) is 4.52. The minimum atomic E-state index is -1.13. The van der Waals surface area contributed by atoms with Gasteiger partial charge in [0.05, 0.1) is 18.4 Å². The average molecular weight is 253 g/mol. The molecule has 7 heteroatoms. The highest BCUT2D eigenvalue weighted by Crippen LogP contribution is 2.19. The van der Waals surface area contributed by atoms with Gasteiger partial charge in [-0.25, -0.2) is 23.2 Å². The standard InChI is InChI=1S/C11H9F2N3O2/c1-6-14-5-16(15-6)10-4-9(13)8(12)3-7(10)11(17)18-2/h3-5H,1-2H3. The second-order valence-corrected chi connectivity index (χ2v) is 3.51. The molecule has 0 aliphatic heterocycles. The molecule has 0 spiro atoms. The van der Waals surface area contributed by atoms with Crippen LogP contribution in [0.4, 0.5) is 8.78 Å². The third-order valence-electron chi connectivity index (χ3n) is 2.30. The van der Waals surface area contributed by atoms with Gasteiger partial charge >= 0.3 is 5.97 Å². The molecular weight excluding hydrogens is 244 g/mol. The van der Waals surface area contributed by atoms with Crippen molar-refractivity contribution in [2.75, 3.05) is 7.11 Å². The van der Waals surface area contributed by atoms with Gasteiger partial charge in [-0.1, -0.05) is 0 Å². The van der Waals surface area contributed by atoms with Crippen molar-refractivity contribution in [1.82, 2.24) is 14.8 Å². The number of rotatable bonds is 2. The summed E-state index contributed by atoms with van der Waals surface area (Å²) in [6.45, 7) is 1.63. The highest BCUT2D eigenvalue weighted by Gasteiger charge is 2.18. The predicted molar refractivity (Wildman–Crippen MR) is 57.4 cm³/mol. The Labute approximate surface area is 101 Å². The van der Waals surface area contributed by atoms with Crippen LogP contribution in [0.5, 0.6) is 0 Å². The van der Waals surface area contributed by atoms with Crippen molar-refractivity contribution >= 4 is 5.97 Å². The molecule has 1 aromatic heterocycles. The summed E-state index contributed by atoms with van der Waals surface area (Å²) in [5.41, 5.74) is -0.0531. The Morgan fingerprint density at radius 2 is 2.00 bits per heavy atom. The number of nitrogens with zero attached hydrogens (tertiary/aromatic N) is 3. The highest BCUT2D eigenvalue weighted by atomic mass is 19.2. The van der Waals surface area contributed by atoms with Crippen LogP contribution in [0.3, 0.4) is 0 Å². The summed E-state index contributed by atoms with van der Waals surface area (Å²) in [5, 5.41) is 3.94. The van der Waals surface area contributed by atoms with E-state index in [1.807, 2.05) is 0 Å². The summed E-state index contributed by atoms with van der Waals surface area (Å²) in [7, 11) is 1.15. The first-order valence-electron chi connectivity index (χ1n) is 4.99. The lowest BCUT2D eigenvalue weighted by Crippen LogP contribution is -2.10. The van der Waals surface area contributed by atoms with E-state index in [1.165, 1.54) is 11.0 Å². The van der Waals surface area contributed by atoms with Crippen molar-refractivity contribution in [3.05, 3.63) is 41.5 Å². The maximum absolute atomic E-state index is 13.2. The first-order valence-corrected chi connectivity index (χ1v) is 4.99. The topological polar surface area (TPSA) is 57.0 Å². The van der Waals surface area contributed by atoms with Gasteiger partial charge in [-0.15, -0.1) is 0 Å². The van der Waals surface area contributed by atoms with Crippen LogP contribution in [-0.2, 0) is 4.74 Å². The van der Waals surface area contributed by atoms with Crippen LogP contribution < -0.4 is 0 Å². The normalized spacial score (nSPS) is 10.4. The van der Waals surface area contributed by atoms with Crippen molar-refractivity contribution in [1.29, 1.82) is 0 Å². The zero-order valence-corrected chi connectivity index (χ0v) is 9.65. The van der Waals surface area contributed by atoms with Gasteiger partial charge in [-0.05, 0) is 13.0 Å². The lowest BCUT2D eigenvalue weighted by Gasteiger charge is -2.08. The fraction of sp³-hybridized carbons (Fsp3) is 0.182. The number of esters is 1. The van der Waals surface area contributed by atoms with E-state index in [-0.39, 0.29) is 11.3 Å². The molecule has 0 amide bonds. The monoisotopic (exact) mass is 253 g/mol. The number of hydrogen-bond acceptors (Lipinski definition) is 4. The lowest BCUT2D eigenvalue weighted by molar-refractivity contribution is 0.0600. The van der Waals surface area contributed by atoms with E-state index in [0.29, 0.717) is 5.82 Å².